The smallest absolute Gasteiger partial charge is 0.225 e. The Bertz CT molecular complexity index is 626. The zero-order chi connectivity index (χ0) is 13.9. The first-order chi connectivity index (χ1) is 9.72. The summed E-state index contributed by atoms with van der Waals surface area (Å²) in [5.74, 6) is 0.936. The van der Waals surface area contributed by atoms with Crippen molar-refractivity contribution in [1.29, 1.82) is 0 Å². The van der Waals surface area contributed by atoms with Crippen molar-refractivity contribution in [1.82, 2.24) is 4.98 Å². The van der Waals surface area contributed by atoms with E-state index in [1.165, 1.54) is 0 Å². The van der Waals surface area contributed by atoms with E-state index in [-0.39, 0.29) is 11.9 Å². The summed E-state index contributed by atoms with van der Waals surface area (Å²) >= 11 is 0. The number of nitrogens with one attached hydrogen (secondary N) is 1. The lowest BCUT2D eigenvalue weighted by Gasteiger charge is -2.14. The van der Waals surface area contributed by atoms with Gasteiger partial charge in [0.05, 0.1) is 5.52 Å². The largest absolute Gasteiger partial charge is 0.327 e. The molecule has 0 aliphatic heterocycles. The summed E-state index contributed by atoms with van der Waals surface area (Å²) in [5, 5.41) is 3.95. The quantitative estimate of drug-likeness (QED) is 0.900. The van der Waals surface area contributed by atoms with Gasteiger partial charge < -0.3 is 11.1 Å². The fourth-order valence-electron chi connectivity index (χ4n) is 2.89. The minimum atomic E-state index is 0.00938. The first-order valence-electron chi connectivity index (χ1n) is 7.13. The SMILES string of the molecule is N[C@@H]1CCC[C@H]1CC(=O)Nc1ccc2ccccc2n1. The van der Waals surface area contributed by atoms with Gasteiger partial charge in [0.15, 0.2) is 0 Å². The third-order valence-electron chi connectivity index (χ3n) is 4.03. The van der Waals surface area contributed by atoms with Crippen LogP contribution in [0.15, 0.2) is 36.4 Å². The predicted octanol–water partition coefficient (Wildman–Crippen LogP) is 2.69. The van der Waals surface area contributed by atoms with Gasteiger partial charge in [0.2, 0.25) is 5.91 Å². The van der Waals surface area contributed by atoms with Crippen LogP contribution in [0.5, 0.6) is 0 Å². The molecule has 0 unspecified atom stereocenters. The van der Waals surface area contributed by atoms with Crippen LogP contribution in [0.4, 0.5) is 5.82 Å². The van der Waals surface area contributed by atoms with Crippen molar-refractivity contribution in [2.24, 2.45) is 11.7 Å². The van der Waals surface area contributed by atoms with Crippen molar-refractivity contribution in [2.75, 3.05) is 5.32 Å². The molecule has 104 valence electrons. The van der Waals surface area contributed by atoms with Gasteiger partial charge >= 0.3 is 0 Å². The Morgan fingerprint density at radius 3 is 2.90 bits per heavy atom. The molecule has 3 rings (SSSR count). The highest BCUT2D eigenvalue weighted by atomic mass is 16.1. The van der Waals surface area contributed by atoms with E-state index < -0.39 is 0 Å². The monoisotopic (exact) mass is 269 g/mol. The van der Waals surface area contributed by atoms with Crippen molar-refractivity contribution in [3.05, 3.63) is 36.4 Å². The molecular formula is C16H19N3O. The molecule has 1 aliphatic carbocycles. The fourth-order valence-corrected chi connectivity index (χ4v) is 2.89. The molecule has 4 heteroatoms. The summed E-state index contributed by atoms with van der Waals surface area (Å²) in [4.78, 5) is 16.5. The van der Waals surface area contributed by atoms with E-state index in [2.05, 4.69) is 10.3 Å². The maximum Gasteiger partial charge on any atom is 0.225 e. The number of fused-ring (bicyclic) bond motifs is 1. The number of nitrogens with zero attached hydrogens (tertiary/aromatic N) is 1. The molecular weight excluding hydrogens is 250 g/mol. The number of rotatable bonds is 3. The minimum Gasteiger partial charge on any atom is -0.327 e. The van der Waals surface area contributed by atoms with Crippen LogP contribution in [0.25, 0.3) is 10.9 Å². The summed E-state index contributed by atoms with van der Waals surface area (Å²) in [7, 11) is 0. The summed E-state index contributed by atoms with van der Waals surface area (Å²) in [6.45, 7) is 0. The average Bonchev–Trinajstić information content (AvgIpc) is 2.84. The lowest BCUT2D eigenvalue weighted by Crippen LogP contribution is -2.28. The van der Waals surface area contributed by atoms with E-state index in [0.717, 1.165) is 30.2 Å². The van der Waals surface area contributed by atoms with Gasteiger partial charge in [0.1, 0.15) is 5.82 Å². The molecule has 0 radical (unpaired) electrons. The Morgan fingerprint density at radius 1 is 1.25 bits per heavy atom. The van der Waals surface area contributed by atoms with E-state index in [4.69, 9.17) is 5.73 Å². The van der Waals surface area contributed by atoms with Gasteiger partial charge in [-0.1, -0.05) is 24.6 Å². The van der Waals surface area contributed by atoms with Crippen molar-refractivity contribution < 1.29 is 4.79 Å². The highest BCUT2D eigenvalue weighted by Gasteiger charge is 2.26. The third-order valence-corrected chi connectivity index (χ3v) is 4.03. The van der Waals surface area contributed by atoms with Gasteiger partial charge in [-0.25, -0.2) is 4.98 Å². The van der Waals surface area contributed by atoms with Gasteiger partial charge in [-0.2, -0.15) is 0 Å². The van der Waals surface area contributed by atoms with Crippen LogP contribution in [0.1, 0.15) is 25.7 Å². The molecule has 1 fully saturated rings. The maximum atomic E-state index is 12.0. The van der Waals surface area contributed by atoms with Gasteiger partial charge in [-0.3, -0.25) is 4.79 Å². The second-order valence-electron chi connectivity index (χ2n) is 5.50. The number of benzene rings is 1. The Kier molecular flexibility index (Phi) is 3.65. The number of para-hydroxylation sites is 1. The number of carbonyl (C=O) groups is 1. The summed E-state index contributed by atoms with van der Waals surface area (Å²) in [5.41, 5.74) is 6.89. The van der Waals surface area contributed by atoms with E-state index >= 15 is 0 Å². The molecule has 2 aromatic rings. The molecule has 1 amide bonds. The van der Waals surface area contributed by atoms with Crippen LogP contribution < -0.4 is 11.1 Å². The average molecular weight is 269 g/mol. The van der Waals surface area contributed by atoms with Crippen molar-refractivity contribution in [3.63, 3.8) is 0 Å². The molecule has 0 spiro atoms. The van der Waals surface area contributed by atoms with Gasteiger partial charge in [0.25, 0.3) is 0 Å². The number of nitrogens with two attached hydrogens (primary N) is 1. The topological polar surface area (TPSA) is 68.0 Å². The van der Waals surface area contributed by atoms with Gasteiger partial charge in [0, 0.05) is 17.8 Å². The first-order valence-corrected chi connectivity index (χ1v) is 7.13. The number of aromatic nitrogens is 1. The Balaban J connectivity index is 1.67. The highest BCUT2D eigenvalue weighted by Crippen LogP contribution is 2.27. The first kappa shape index (κ1) is 13.1. The Labute approximate surface area is 118 Å². The van der Waals surface area contributed by atoms with E-state index in [1.54, 1.807) is 0 Å². The number of hydrogen-bond acceptors (Lipinski definition) is 3. The molecule has 1 aliphatic rings. The van der Waals surface area contributed by atoms with Gasteiger partial charge in [-0.05, 0) is 37.0 Å². The molecule has 0 saturated heterocycles. The molecule has 1 saturated carbocycles. The molecule has 0 bridgehead atoms. The van der Waals surface area contributed by atoms with Crippen LogP contribution in [0.2, 0.25) is 0 Å². The van der Waals surface area contributed by atoms with E-state index in [1.807, 2.05) is 36.4 Å². The second-order valence-corrected chi connectivity index (χ2v) is 5.50. The zero-order valence-corrected chi connectivity index (χ0v) is 11.4. The number of pyridine rings is 1. The summed E-state index contributed by atoms with van der Waals surface area (Å²) < 4.78 is 0. The second kappa shape index (κ2) is 5.59. The fraction of sp³-hybridized carbons (Fsp3) is 0.375. The van der Waals surface area contributed by atoms with E-state index in [0.29, 0.717) is 18.2 Å². The predicted molar refractivity (Wildman–Crippen MR) is 80.3 cm³/mol. The molecule has 1 aromatic carbocycles. The van der Waals surface area contributed by atoms with Crippen LogP contribution in [-0.4, -0.2) is 16.9 Å². The summed E-state index contributed by atoms with van der Waals surface area (Å²) in [6.07, 6.45) is 3.72. The Hall–Kier alpha value is -1.94. The van der Waals surface area contributed by atoms with Crippen LogP contribution in [-0.2, 0) is 4.79 Å². The zero-order valence-electron chi connectivity index (χ0n) is 11.4. The number of amides is 1. The van der Waals surface area contributed by atoms with Crippen LogP contribution in [0.3, 0.4) is 0 Å². The molecule has 1 heterocycles. The lowest BCUT2D eigenvalue weighted by molar-refractivity contribution is -0.117. The van der Waals surface area contributed by atoms with Crippen molar-refractivity contribution >= 4 is 22.6 Å². The molecule has 2 atom stereocenters. The molecule has 20 heavy (non-hydrogen) atoms. The Morgan fingerprint density at radius 2 is 2.10 bits per heavy atom. The highest BCUT2D eigenvalue weighted by molar-refractivity contribution is 5.91. The normalized spacial score (nSPS) is 22.1. The summed E-state index contributed by atoms with van der Waals surface area (Å²) in [6, 6.07) is 11.9. The maximum absolute atomic E-state index is 12.0. The number of anilines is 1. The van der Waals surface area contributed by atoms with Crippen LogP contribution >= 0.6 is 0 Å². The third kappa shape index (κ3) is 2.80. The van der Waals surface area contributed by atoms with Crippen LogP contribution in [0, 0.1) is 5.92 Å². The lowest BCUT2D eigenvalue weighted by atomic mass is 10.00. The molecule has 1 aromatic heterocycles. The standard InChI is InChI=1S/C16H19N3O/c17-13-6-3-5-12(13)10-16(20)19-15-9-8-11-4-1-2-7-14(11)18-15/h1-2,4,7-9,12-13H,3,5-6,10,17H2,(H,18,19,20)/t12-,13+/m0/s1. The molecule has 4 nitrogen and oxygen atoms in total. The van der Waals surface area contributed by atoms with E-state index in [9.17, 15) is 4.79 Å². The number of hydrogen-bond donors (Lipinski definition) is 2. The number of carbonyl (C=O) groups excluding carboxylic acids is 1. The minimum absolute atomic E-state index is 0.00938. The molecule has 3 N–H and O–H groups in total. The van der Waals surface area contributed by atoms with Crippen molar-refractivity contribution in [3.8, 4) is 0 Å². The van der Waals surface area contributed by atoms with Gasteiger partial charge in [-0.15, -0.1) is 0 Å². The van der Waals surface area contributed by atoms with Crippen molar-refractivity contribution in [2.45, 2.75) is 31.7 Å².